The Hall–Kier alpha value is -0.840. The van der Waals surface area contributed by atoms with Gasteiger partial charge in [-0.3, -0.25) is 4.90 Å². The summed E-state index contributed by atoms with van der Waals surface area (Å²) in [6.45, 7) is 8.63. The van der Waals surface area contributed by atoms with Gasteiger partial charge in [0.15, 0.2) is 0 Å². The van der Waals surface area contributed by atoms with E-state index < -0.39 is 0 Å². The van der Waals surface area contributed by atoms with Crippen LogP contribution in [0.4, 0.5) is 0 Å². The zero-order valence-corrected chi connectivity index (χ0v) is 13.0. The van der Waals surface area contributed by atoms with E-state index in [0.29, 0.717) is 6.04 Å². The minimum Gasteiger partial charge on any atom is -0.463 e. The van der Waals surface area contributed by atoms with Crippen LogP contribution in [0, 0.1) is 5.92 Å². The van der Waals surface area contributed by atoms with Crippen molar-refractivity contribution < 1.29 is 9.15 Å². The Labute approximate surface area is 122 Å². The molecule has 4 heteroatoms. The SMILES string of the molecule is CC(C)NCc1ccc(CN(C)CCOCC2CC2)o1. The fraction of sp³-hybridized carbons (Fsp3) is 0.750. The van der Waals surface area contributed by atoms with E-state index in [1.165, 1.54) is 12.8 Å². The molecule has 0 atom stereocenters. The predicted octanol–water partition coefficient (Wildman–Crippen LogP) is 2.64. The van der Waals surface area contributed by atoms with Crippen LogP contribution in [0.25, 0.3) is 0 Å². The van der Waals surface area contributed by atoms with Crippen molar-refractivity contribution >= 4 is 0 Å². The van der Waals surface area contributed by atoms with Crippen LogP contribution in [0.5, 0.6) is 0 Å². The largest absolute Gasteiger partial charge is 0.463 e. The summed E-state index contributed by atoms with van der Waals surface area (Å²) in [4.78, 5) is 2.24. The minimum atomic E-state index is 0.481. The van der Waals surface area contributed by atoms with Gasteiger partial charge in [-0.05, 0) is 37.9 Å². The Morgan fingerprint density at radius 3 is 2.80 bits per heavy atom. The average Bonchev–Trinajstić information content (AvgIpc) is 3.12. The number of rotatable bonds is 10. The molecule has 20 heavy (non-hydrogen) atoms. The molecule has 4 nitrogen and oxygen atoms in total. The lowest BCUT2D eigenvalue weighted by molar-refractivity contribution is 0.0998. The molecule has 0 spiro atoms. The molecule has 0 bridgehead atoms. The third-order valence-electron chi connectivity index (χ3n) is 3.50. The standard InChI is InChI=1S/C16H28N2O2/c1-13(2)17-10-15-6-7-16(20-15)11-18(3)8-9-19-12-14-4-5-14/h6-7,13-14,17H,4-5,8-12H2,1-3H3. The second-order valence-corrected chi connectivity index (χ2v) is 6.16. The molecule has 0 amide bonds. The average molecular weight is 280 g/mol. The van der Waals surface area contributed by atoms with E-state index >= 15 is 0 Å². The van der Waals surface area contributed by atoms with Crippen LogP contribution >= 0.6 is 0 Å². The number of likely N-dealkylation sites (N-methyl/N-ethyl adjacent to an activating group) is 1. The molecule has 0 unspecified atom stereocenters. The molecule has 1 aromatic heterocycles. The van der Waals surface area contributed by atoms with Crippen molar-refractivity contribution in [2.75, 3.05) is 26.8 Å². The summed E-state index contributed by atoms with van der Waals surface area (Å²) < 4.78 is 11.5. The molecule has 1 aliphatic carbocycles. The van der Waals surface area contributed by atoms with Crippen LogP contribution in [0.1, 0.15) is 38.2 Å². The number of hydrogen-bond acceptors (Lipinski definition) is 4. The Morgan fingerprint density at radius 1 is 1.35 bits per heavy atom. The molecule has 0 radical (unpaired) electrons. The van der Waals surface area contributed by atoms with Gasteiger partial charge < -0.3 is 14.5 Å². The van der Waals surface area contributed by atoms with Crippen molar-refractivity contribution in [2.45, 2.75) is 45.8 Å². The molecule has 1 saturated carbocycles. The molecule has 1 aliphatic rings. The van der Waals surface area contributed by atoms with Crippen LogP contribution in [0.3, 0.4) is 0 Å². The smallest absolute Gasteiger partial charge is 0.118 e. The highest BCUT2D eigenvalue weighted by atomic mass is 16.5. The second-order valence-electron chi connectivity index (χ2n) is 6.16. The number of nitrogens with one attached hydrogen (secondary N) is 1. The minimum absolute atomic E-state index is 0.481. The number of nitrogens with zero attached hydrogens (tertiary/aromatic N) is 1. The van der Waals surface area contributed by atoms with E-state index in [9.17, 15) is 0 Å². The highest BCUT2D eigenvalue weighted by Gasteiger charge is 2.20. The normalized spacial score (nSPS) is 15.4. The first-order valence-electron chi connectivity index (χ1n) is 7.70. The van der Waals surface area contributed by atoms with Gasteiger partial charge in [0.2, 0.25) is 0 Å². The molecule has 0 aromatic carbocycles. The van der Waals surface area contributed by atoms with Gasteiger partial charge in [-0.2, -0.15) is 0 Å². The Morgan fingerprint density at radius 2 is 2.10 bits per heavy atom. The number of hydrogen-bond donors (Lipinski definition) is 1. The molecule has 2 rings (SSSR count). The first kappa shape index (κ1) is 15.5. The summed E-state index contributed by atoms with van der Waals surface area (Å²) in [6.07, 6.45) is 2.71. The van der Waals surface area contributed by atoms with Crippen molar-refractivity contribution in [1.29, 1.82) is 0 Å². The quantitative estimate of drug-likeness (QED) is 0.669. The highest BCUT2D eigenvalue weighted by Crippen LogP contribution is 2.28. The molecular formula is C16H28N2O2. The maximum Gasteiger partial charge on any atom is 0.118 e. The van der Waals surface area contributed by atoms with E-state index in [4.69, 9.17) is 9.15 Å². The number of furan rings is 1. The lowest BCUT2D eigenvalue weighted by Gasteiger charge is -2.15. The fourth-order valence-corrected chi connectivity index (χ4v) is 2.01. The van der Waals surface area contributed by atoms with Gasteiger partial charge in [-0.25, -0.2) is 0 Å². The highest BCUT2D eigenvalue weighted by molar-refractivity contribution is 5.07. The van der Waals surface area contributed by atoms with E-state index in [1.54, 1.807) is 0 Å². The van der Waals surface area contributed by atoms with Gasteiger partial charge in [-0.1, -0.05) is 13.8 Å². The van der Waals surface area contributed by atoms with Crippen molar-refractivity contribution in [2.24, 2.45) is 5.92 Å². The van der Waals surface area contributed by atoms with Gasteiger partial charge >= 0.3 is 0 Å². The Bertz CT molecular complexity index is 386. The predicted molar refractivity (Wildman–Crippen MR) is 80.6 cm³/mol. The van der Waals surface area contributed by atoms with Crippen molar-refractivity contribution in [1.82, 2.24) is 10.2 Å². The summed E-state index contributed by atoms with van der Waals surface area (Å²) in [6, 6.07) is 4.61. The first-order valence-corrected chi connectivity index (χ1v) is 7.70. The molecular weight excluding hydrogens is 252 g/mol. The van der Waals surface area contributed by atoms with Crippen LogP contribution in [-0.4, -0.2) is 37.7 Å². The maximum atomic E-state index is 5.81. The van der Waals surface area contributed by atoms with Crippen molar-refractivity contribution in [3.8, 4) is 0 Å². The molecule has 1 N–H and O–H groups in total. The number of ether oxygens (including phenoxy) is 1. The van der Waals surface area contributed by atoms with Crippen LogP contribution < -0.4 is 5.32 Å². The van der Waals surface area contributed by atoms with E-state index in [1.807, 2.05) is 0 Å². The zero-order chi connectivity index (χ0) is 14.4. The summed E-state index contributed by atoms with van der Waals surface area (Å²) in [5.74, 6) is 2.88. The second kappa shape index (κ2) is 7.81. The Kier molecular flexibility index (Phi) is 6.07. The van der Waals surface area contributed by atoms with Crippen LogP contribution in [0.2, 0.25) is 0 Å². The lowest BCUT2D eigenvalue weighted by Crippen LogP contribution is -2.23. The van der Waals surface area contributed by atoms with Crippen LogP contribution in [0.15, 0.2) is 16.5 Å². The van der Waals surface area contributed by atoms with Gasteiger partial charge in [-0.15, -0.1) is 0 Å². The lowest BCUT2D eigenvalue weighted by atomic mass is 10.3. The third-order valence-corrected chi connectivity index (χ3v) is 3.50. The van der Waals surface area contributed by atoms with Crippen molar-refractivity contribution in [3.05, 3.63) is 23.7 Å². The van der Waals surface area contributed by atoms with E-state index in [0.717, 1.165) is 50.3 Å². The monoisotopic (exact) mass is 280 g/mol. The molecule has 114 valence electrons. The summed E-state index contributed by atoms with van der Waals surface area (Å²) >= 11 is 0. The fourth-order valence-electron chi connectivity index (χ4n) is 2.01. The van der Waals surface area contributed by atoms with E-state index in [2.05, 4.69) is 43.2 Å². The molecule has 1 fully saturated rings. The zero-order valence-electron chi connectivity index (χ0n) is 13.0. The van der Waals surface area contributed by atoms with Gasteiger partial charge in [0.25, 0.3) is 0 Å². The van der Waals surface area contributed by atoms with E-state index in [-0.39, 0.29) is 0 Å². The molecule has 1 aromatic rings. The summed E-state index contributed by atoms with van der Waals surface area (Å²) in [5.41, 5.74) is 0. The summed E-state index contributed by atoms with van der Waals surface area (Å²) in [7, 11) is 2.11. The van der Waals surface area contributed by atoms with Gasteiger partial charge in [0.1, 0.15) is 11.5 Å². The van der Waals surface area contributed by atoms with Crippen LogP contribution in [-0.2, 0) is 17.8 Å². The van der Waals surface area contributed by atoms with Crippen molar-refractivity contribution in [3.63, 3.8) is 0 Å². The first-order chi connectivity index (χ1) is 9.63. The molecule has 1 heterocycles. The Balaban J connectivity index is 1.61. The molecule has 0 saturated heterocycles. The van der Waals surface area contributed by atoms with Gasteiger partial charge in [0, 0.05) is 19.2 Å². The molecule has 0 aliphatic heterocycles. The summed E-state index contributed by atoms with van der Waals surface area (Å²) in [5, 5.41) is 3.36. The topological polar surface area (TPSA) is 37.6 Å². The van der Waals surface area contributed by atoms with Gasteiger partial charge in [0.05, 0.1) is 19.7 Å². The maximum absolute atomic E-state index is 5.81. The third kappa shape index (κ3) is 6.07.